The van der Waals surface area contributed by atoms with Gasteiger partial charge < -0.3 is 9.73 Å². The van der Waals surface area contributed by atoms with Crippen LogP contribution in [-0.4, -0.2) is 20.4 Å². The molecule has 20 heavy (non-hydrogen) atoms. The molecule has 1 aliphatic rings. The van der Waals surface area contributed by atoms with Gasteiger partial charge in [-0.25, -0.2) is 8.42 Å². The topological polar surface area (TPSA) is 76.4 Å². The normalized spacial score (nSPS) is 23.6. The van der Waals surface area contributed by atoms with Crippen LogP contribution in [0.1, 0.15) is 48.9 Å². The van der Waals surface area contributed by atoms with E-state index in [0.29, 0.717) is 5.92 Å². The van der Waals surface area contributed by atoms with Gasteiger partial charge in [-0.1, -0.05) is 6.92 Å². The predicted molar refractivity (Wildman–Crippen MR) is 75.4 cm³/mol. The SMILES string of the molecule is Cc1oc(C(=O)NC2CCC(C)CC2)cc1S(=O)(=O)Cl. The quantitative estimate of drug-likeness (QED) is 0.869. The van der Waals surface area contributed by atoms with Gasteiger partial charge in [-0.05, 0) is 38.5 Å². The molecule has 0 spiro atoms. The van der Waals surface area contributed by atoms with E-state index in [2.05, 4.69) is 12.2 Å². The molecular formula is C13H18ClNO4S. The van der Waals surface area contributed by atoms with Crippen LogP contribution in [0.4, 0.5) is 0 Å². The lowest BCUT2D eigenvalue weighted by molar-refractivity contribution is 0.0893. The number of hydrogen-bond donors (Lipinski definition) is 1. The number of carbonyl (C=O) groups is 1. The van der Waals surface area contributed by atoms with E-state index in [1.54, 1.807) is 0 Å². The number of aryl methyl sites for hydroxylation is 1. The molecule has 0 atom stereocenters. The number of hydrogen-bond acceptors (Lipinski definition) is 4. The third-order valence-corrected chi connectivity index (χ3v) is 5.14. The van der Waals surface area contributed by atoms with Crippen molar-refractivity contribution in [1.82, 2.24) is 5.32 Å². The van der Waals surface area contributed by atoms with E-state index in [9.17, 15) is 13.2 Å². The fourth-order valence-corrected chi connectivity index (χ4v) is 3.57. The van der Waals surface area contributed by atoms with Crippen molar-refractivity contribution < 1.29 is 17.6 Å². The zero-order valence-electron chi connectivity index (χ0n) is 11.5. The Hall–Kier alpha value is -1.01. The van der Waals surface area contributed by atoms with Gasteiger partial charge in [-0.15, -0.1) is 0 Å². The molecule has 1 aromatic rings. The Morgan fingerprint density at radius 2 is 1.95 bits per heavy atom. The summed E-state index contributed by atoms with van der Waals surface area (Å²) >= 11 is 0. The molecule has 0 aliphatic heterocycles. The first-order valence-corrected chi connectivity index (χ1v) is 8.94. The van der Waals surface area contributed by atoms with Gasteiger partial charge in [0.05, 0.1) is 0 Å². The van der Waals surface area contributed by atoms with Crippen LogP contribution in [0.25, 0.3) is 0 Å². The highest BCUT2D eigenvalue weighted by molar-refractivity contribution is 8.13. The fraction of sp³-hybridized carbons (Fsp3) is 0.615. The molecule has 1 fully saturated rings. The maximum Gasteiger partial charge on any atom is 0.287 e. The Morgan fingerprint density at radius 3 is 2.45 bits per heavy atom. The number of furan rings is 1. The van der Waals surface area contributed by atoms with Crippen LogP contribution in [0.3, 0.4) is 0 Å². The minimum Gasteiger partial charge on any atom is -0.455 e. The molecule has 1 amide bonds. The molecule has 112 valence electrons. The second-order valence-corrected chi connectivity index (χ2v) is 7.93. The summed E-state index contributed by atoms with van der Waals surface area (Å²) < 4.78 is 27.8. The number of nitrogens with one attached hydrogen (secondary N) is 1. The Bertz CT molecular complexity index is 600. The fourth-order valence-electron chi connectivity index (χ4n) is 2.48. The predicted octanol–water partition coefficient (Wildman–Crippen LogP) is 2.82. The van der Waals surface area contributed by atoms with Crippen LogP contribution in [-0.2, 0) is 9.05 Å². The maximum absolute atomic E-state index is 12.0. The molecule has 0 bridgehead atoms. The van der Waals surface area contributed by atoms with Crippen molar-refractivity contribution in [1.29, 1.82) is 0 Å². The molecule has 1 aromatic heterocycles. The van der Waals surface area contributed by atoms with E-state index in [4.69, 9.17) is 15.1 Å². The summed E-state index contributed by atoms with van der Waals surface area (Å²) in [5.41, 5.74) is 0. The monoisotopic (exact) mass is 319 g/mol. The summed E-state index contributed by atoms with van der Waals surface area (Å²) in [6.07, 6.45) is 4.05. The zero-order chi connectivity index (χ0) is 14.9. The van der Waals surface area contributed by atoms with E-state index in [1.165, 1.54) is 13.0 Å². The minimum absolute atomic E-state index is 0.0136. The van der Waals surface area contributed by atoms with Crippen molar-refractivity contribution >= 4 is 25.6 Å². The number of rotatable bonds is 3. The lowest BCUT2D eigenvalue weighted by Crippen LogP contribution is -2.37. The van der Waals surface area contributed by atoms with Crippen LogP contribution in [0.2, 0.25) is 0 Å². The first-order chi connectivity index (χ1) is 9.27. The van der Waals surface area contributed by atoms with E-state index in [1.807, 2.05) is 0 Å². The molecule has 2 rings (SSSR count). The second kappa shape index (κ2) is 5.77. The van der Waals surface area contributed by atoms with Crippen molar-refractivity contribution in [2.24, 2.45) is 5.92 Å². The highest BCUT2D eigenvalue weighted by Crippen LogP contribution is 2.25. The standard InChI is InChI=1S/C13H18ClNO4S/c1-8-3-5-10(6-4-8)15-13(16)11-7-12(9(2)19-11)20(14,17)18/h7-8,10H,3-6H2,1-2H3,(H,15,16). The summed E-state index contributed by atoms with van der Waals surface area (Å²) in [7, 11) is 1.38. The van der Waals surface area contributed by atoms with Gasteiger partial charge in [0, 0.05) is 22.8 Å². The van der Waals surface area contributed by atoms with Crippen molar-refractivity contribution in [2.75, 3.05) is 0 Å². The first-order valence-electron chi connectivity index (χ1n) is 6.63. The molecule has 7 heteroatoms. The highest BCUT2D eigenvalue weighted by atomic mass is 35.7. The lowest BCUT2D eigenvalue weighted by Gasteiger charge is -2.26. The molecule has 1 heterocycles. The van der Waals surface area contributed by atoms with Gasteiger partial charge in [-0.3, -0.25) is 4.79 Å². The molecule has 0 saturated heterocycles. The summed E-state index contributed by atoms with van der Waals surface area (Å²) in [5.74, 6) is 0.420. The third-order valence-electron chi connectivity index (χ3n) is 3.71. The summed E-state index contributed by atoms with van der Waals surface area (Å²) in [6.45, 7) is 3.67. The Morgan fingerprint density at radius 1 is 1.35 bits per heavy atom. The van der Waals surface area contributed by atoms with Crippen LogP contribution in [0.15, 0.2) is 15.4 Å². The highest BCUT2D eigenvalue weighted by Gasteiger charge is 2.25. The maximum atomic E-state index is 12.0. The van der Waals surface area contributed by atoms with E-state index < -0.39 is 9.05 Å². The molecule has 0 aromatic carbocycles. The molecule has 0 unspecified atom stereocenters. The Balaban J connectivity index is 2.07. The second-order valence-electron chi connectivity index (χ2n) is 5.40. The van der Waals surface area contributed by atoms with Crippen LogP contribution in [0.5, 0.6) is 0 Å². The molecule has 5 nitrogen and oxygen atoms in total. The largest absolute Gasteiger partial charge is 0.455 e. The van der Waals surface area contributed by atoms with Gasteiger partial charge in [0.15, 0.2) is 5.76 Å². The van der Waals surface area contributed by atoms with Crippen molar-refractivity contribution in [2.45, 2.75) is 50.5 Å². The van der Waals surface area contributed by atoms with Gasteiger partial charge in [0.2, 0.25) is 0 Å². The molecule has 1 saturated carbocycles. The number of carbonyl (C=O) groups excluding carboxylic acids is 1. The lowest BCUT2D eigenvalue weighted by atomic mass is 9.87. The van der Waals surface area contributed by atoms with Crippen molar-refractivity contribution in [3.63, 3.8) is 0 Å². The Kier molecular flexibility index (Phi) is 4.44. The van der Waals surface area contributed by atoms with Gasteiger partial charge in [0.25, 0.3) is 15.0 Å². The van der Waals surface area contributed by atoms with E-state index >= 15 is 0 Å². The number of amides is 1. The smallest absolute Gasteiger partial charge is 0.287 e. The van der Waals surface area contributed by atoms with Gasteiger partial charge in [-0.2, -0.15) is 0 Å². The van der Waals surface area contributed by atoms with Crippen molar-refractivity contribution in [3.05, 3.63) is 17.6 Å². The third kappa shape index (κ3) is 3.55. The summed E-state index contributed by atoms with van der Waals surface area (Å²) in [6, 6.07) is 1.30. The number of halogens is 1. The molecular weight excluding hydrogens is 302 g/mol. The van der Waals surface area contributed by atoms with Gasteiger partial charge >= 0.3 is 0 Å². The minimum atomic E-state index is -3.89. The van der Waals surface area contributed by atoms with Crippen LogP contribution >= 0.6 is 10.7 Å². The summed E-state index contributed by atoms with van der Waals surface area (Å²) in [4.78, 5) is 11.9. The molecule has 1 aliphatic carbocycles. The first kappa shape index (κ1) is 15.4. The van der Waals surface area contributed by atoms with Gasteiger partial charge in [0.1, 0.15) is 10.7 Å². The summed E-state index contributed by atoms with van der Waals surface area (Å²) in [5, 5.41) is 2.88. The molecule has 1 N–H and O–H groups in total. The Labute approximate surface area is 123 Å². The van der Waals surface area contributed by atoms with E-state index in [-0.39, 0.29) is 28.4 Å². The van der Waals surface area contributed by atoms with Crippen molar-refractivity contribution in [3.8, 4) is 0 Å². The van der Waals surface area contributed by atoms with E-state index in [0.717, 1.165) is 25.7 Å². The molecule has 0 radical (unpaired) electrons. The average Bonchev–Trinajstić information content (AvgIpc) is 2.74. The van der Waals surface area contributed by atoms with Crippen LogP contribution in [0, 0.1) is 12.8 Å². The van der Waals surface area contributed by atoms with Crippen LogP contribution < -0.4 is 5.32 Å². The zero-order valence-corrected chi connectivity index (χ0v) is 13.1. The average molecular weight is 320 g/mol.